The van der Waals surface area contributed by atoms with Gasteiger partial charge in [-0.15, -0.1) is 0 Å². The van der Waals surface area contributed by atoms with Crippen LogP contribution in [0.25, 0.3) is 16.6 Å². The lowest BCUT2D eigenvalue weighted by Gasteiger charge is -2.57. The third kappa shape index (κ3) is 3.50. The molecule has 6 nitrogen and oxygen atoms in total. The van der Waals surface area contributed by atoms with Crippen molar-refractivity contribution in [3.8, 4) is 0 Å². The minimum atomic E-state index is 0.0726. The van der Waals surface area contributed by atoms with E-state index in [1.165, 1.54) is 38.5 Å². The predicted molar refractivity (Wildman–Crippen MR) is 138 cm³/mol. The lowest BCUT2D eigenvalue weighted by atomic mass is 9.53. The minimum Gasteiger partial charge on any atom is -0.353 e. The number of hydrogen-bond acceptors (Lipinski definition) is 3. The number of carbonyl (C=O) groups excluding carboxylic acids is 1. The second kappa shape index (κ2) is 7.87. The molecule has 1 aromatic carbocycles. The van der Waals surface area contributed by atoms with Gasteiger partial charge in [-0.3, -0.25) is 0 Å². The quantitative estimate of drug-likeness (QED) is 0.488. The molecule has 5 aliphatic rings. The van der Waals surface area contributed by atoms with Crippen LogP contribution in [0.15, 0.2) is 41.0 Å². The largest absolute Gasteiger partial charge is 0.353 e. The lowest BCUT2D eigenvalue weighted by molar-refractivity contribution is -0.0155. The Morgan fingerprint density at radius 3 is 2.50 bits per heavy atom. The Balaban J connectivity index is 1.10. The van der Waals surface area contributed by atoms with Crippen molar-refractivity contribution in [2.24, 2.45) is 17.8 Å². The molecule has 1 saturated heterocycles. The fraction of sp³-hybridized carbons (Fsp3) is 0.556. The molecule has 3 heterocycles. The average molecular weight is 522 g/mol. The van der Waals surface area contributed by atoms with Crippen molar-refractivity contribution in [2.45, 2.75) is 50.5 Å². The van der Waals surface area contributed by atoms with Crippen LogP contribution in [0.1, 0.15) is 44.9 Å². The van der Waals surface area contributed by atoms with E-state index in [4.69, 9.17) is 4.98 Å². The first-order chi connectivity index (χ1) is 16.6. The molecule has 7 heteroatoms. The van der Waals surface area contributed by atoms with Crippen LogP contribution in [0.5, 0.6) is 0 Å². The molecule has 3 aromatic rings. The number of nitrogens with one attached hydrogen (secondary N) is 1. The van der Waals surface area contributed by atoms with Gasteiger partial charge in [0.2, 0.25) is 0 Å². The zero-order valence-electron chi connectivity index (χ0n) is 19.5. The number of fused-ring (bicyclic) bond motifs is 3. The summed E-state index contributed by atoms with van der Waals surface area (Å²) in [4.78, 5) is 22.9. The first-order valence-electron chi connectivity index (χ1n) is 12.9. The fourth-order valence-corrected chi connectivity index (χ4v) is 8.22. The average Bonchev–Trinajstić information content (AvgIpc) is 3.15. The van der Waals surface area contributed by atoms with Crippen LogP contribution in [0, 0.1) is 17.8 Å². The van der Waals surface area contributed by atoms with Crippen molar-refractivity contribution < 1.29 is 4.79 Å². The third-order valence-electron chi connectivity index (χ3n) is 8.89. The van der Waals surface area contributed by atoms with Gasteiger partial charge >= 0.3 is 6.03 Å². The van der Waals surface area contributed by atoms with Gasteiger partial charge in [-0.05, 0) is 93.0 Å². The molecular formula is C27H32BrN5O. The smallest absolute Gasteiger partial charge is 0.317 e. The third-order valence-corrected chi connectivity index (χ3v) is 9.39. The van der Waals surface area contributed by atoms with Crippen molar-refractivity contribution in [3.63, 3.8) is 0 Å². The van der Waals surface area contributed by atoms with Gasteiger partial charge in [0.25, 0.3) is 0 Å². The fourth-order valence-electron chi connectivity index (χ4n) is 7.87. The predicted octanol–water partition coefficient (Wildman–Crippen LogP) is 5.44. The summed E-state index contributed by atoms with van der Waals surface area (Å²) >= 11 is 3.60. The van der Waals surface area contributed by atoms with Crippen LogP contribution in [-0.2, 0) is 0 Å². The van der Waals surface area contributed by atoms with Crippen molar-refractivity contribution in [3.05, 3.63) is 41.0 Å². The van der Waals surface area contributed by atoms with E-state index in [-0.39, 0.29) is 11.6 Å². The van der Waals surface area contributed by atoms with Gasteiger partial charge in [-0.1, -0.05) is 15.9 Å². The van der Waals surface area contributed by atoms with Gasteiger partial charge in [0, 0.05) is 42.4 Å². The van der Waals surface area contributed by atoms with Gasteiger partial charge in [-0.25, -0.2) is 9.78 Å². The second-order valence-corrected chi connectivity index (χ2v) is 12.2. The molecule has 0 spiro atoms. The van der Waals surface area contributed by atoms with Crippen molar-refractivity contribution in [1.82, 2.24) is 19.6 Å². The summed E-state index contributed by atoms with van der Waals surface area (Å²) < 4.78 is 3.26. The molecule has 0 atom stereocenters. The van der Waals surface area contributed by atoms with Crippen LogP contribution in [0.3, 0.4) is 0 Å². The summed E-state index contributed by atoms with van der Waals surface area (Å²) in [5.41, 5.74) is 3.29. The summed E-state index contributed by atoms with van der Waals surface area (Å²) in [6, 6.07) is 10.7. The first-order valence-corrected chi connectivity index (χ1v) is 13.7. The molecule has 178 valence electrons. The molecule has 4 saturated carbocycles. The van der Waals surface area contributed by atoms with Crippen LogP contribution < -0.4 is 10.2 Å². The molecule has 4 aliphatic carbocycles. The van der Waals surface area contributed by atoms with E-state index in [1.807, 2.05) is 0 Å². The first kappa shape index (κ1) is 21.0. The molecule has 0 unspecified atom stereocenters. The lowest BCUT2D eigenvalue weighted by Crippen LogP contribution is -2.62. The van der Waals surface area contributed by atoms with Crippen LogP contribution in [-0.4, -0.2) is 52.0 Å². The Morgan fingerprint density at radius 1 is 0.971 bits per heavy atom. The van der Waals surface area contributed by atoms with Gasteiger partial charge in [0.05, 0.1) is 16.6 Å². The minimum absolute atomic E-state index is 0.0726. The topological polar surface area (TPSA) is 52.9 Å². The standard InChI is InChI=1S/C27H32BrN5O/c28-21-4-5-23-22(14-21)29-25(24-3-1-8-33(23)24)31-6-2-7-32(10-9-31)26(34)30-27-15-18-11-19(16-27)13-20(12-18)17-27/h1,3-5,8,14,18-20H,2,6-7,9-13,15-17H2,(H,30,34). The molecule has 4 bridgehead atoms. The zero-order chi connectivity index (χ0) is 22.9. The molecular weight excluding hydrogens is 490 g/mol. The number of hydrogen-bond donors (Lipinski definition) is 1. The Hall–Kier alpha value is -2.28. The highest BCUT2D eigenvalue weighted by Gasteiger charge is 2.51. The molecule has 2 aromatic heterocycles. The van der Waals surface area contributed by atoms with E-state index in [0.29, 0.717) is 0 Å². The van der Waals surface area contributed by atoms with E-state index in [2.05, 4.69) is 72.0 Å². The number of carbonyl (C=O) groups is 1. The van der Waals surface area contributed by atoms with E-state index in [0.717, 1.165) is 77.2 Å². The normalized spacial score (nSPS) is 30.8. The zero-order valence-corrected chi connectivity index (χ0v) is 21.1. The summed E-state index contributed by atoms with van der Waals surface area (Å²) in [5.74, 6) is 3.54. The number of anilines is 1. The number of halogens is 1. The van der Waals surface area contributed by atoms with Gasteiger partial charge in [0.1, 0.15) is 0 Å². The SMILES string of the molecule is O=C(NC12CC3CC(CC(C3)C1)C2)N1CCCN(c2nc3cc(Br)ccc3n3cccc23)CC1. The monoisotopic (exact) mass is 521 g/mol. The van der Waals surface area contributed by atoms with Crippen LogP contribution in [0.2, 0.25) is 0 Å². The Morgan fingerprint density at radius 2 is 1.74 bits per heavy atom. The van der Waals surface area contributed by atoms with Crippen molar-refractivity contribution >= 4 is 44.3 Å². The maximum atomic E-state index is 13.4. The van der Waals surface area contributed by atoms with Gasteiger partial charge < -0.3 is 19.5 Å². The molecule has 8 rings (SSSR count). The maximum Gasteiger partial charge on any atom is 0.317 e. The van der Waals surface area contributed by atoms with E-state index >= 15 is 0 Å². The highest BCUT2D eigenvalue weighted by Crippen LogP contribution is 2.55. The summed E-state index contributed by atoms with van der Waals surface area (Å²) in [6.07, 6.45) is 10.9. The van der Waals surface area contributed by atoms with Crippen molar-refractivity contribution in [1.29, 1.82) is 0 Å². The van der Waals surface area contributed by atoms with Crippen LogP contribution in [0.4, 0.5) is 10.6 Å². The number of rotatable bonds is 2. The van der Waals surface area contributed by atoms with E-state index < -0.39 is 0 Å². The molecule has 2 amide bonds. The Kier molecular flexibility index (Phi) is 4.87. The number of nitrogens with zero attached hydrogens (tertiary/aromatic N) is 4. The van der Waals surface area contributed by atoms with Crippen LogP contribution >= 0.6 is 15.9 Å². The molecule has 0 radical (unpaired) electrons. The summed E-state index contributed by atoms with van der Waals surface area (Å²) in [6.45, 7) is 3.27. The maximum absolute atomic E-state index is 13.4. The molecule has 1 aliphatic heterocycles. The molecule has 5 fully saturated rings. The van der Waals surface area contributed by atoms with Gasteiger partial charge in [0.15, 0.2) is 5.82 Å². The highest BCUT2D eigenvalue weighted by atomic mass is 79.9. The Bertz CT molecular complexity index is 1230. The van der Waals surface area contributed by atoms with E-state index in [9.17, 15) is 4.79 Å². The molecule has 34 heavy (non-hydrogen) atoms. The molecule has 1 N–H and O–H groups in total. The summed E-state index contributed by atoms with van der Waals surface area (Å²) in [5, 5.41) is 3.58. The number of urea groups is 1. The number of aromatic nitrogens is 2. The van der Waals surface area contributed by atoms with Crippen molar-refractivity contribution in [2.75, 3.05) is 31.1 Å². The van der Waals surface area contributed by atoms with E-state index in [1.54, 1.807) is 0 Å². The summed E-state index contributed by atoms with van der Waals surface area (Å²) in [7, 11) is 0. The number of amides is 2. The number of benzene rings is 1. The Labute approximate surface area is 208 Å². The highest BCUT2D eigenvalue weighted by molar-refractivity contribution is 9.10. The van der Waals surface area contributed by atoms with Gasteiger partial charge in [-0.2, -0.15) is 0 Å². The second-order valence-electron chi connectivity index (χ2n) is 11.3.